The van der Waals surface area contributed by atoms with Crippen LogP contribution in [0.2, 0.25) is 0 Å². The van der Waals surface area contributed by atoms with E-state index in [0.29, 0.717) is 0 Å². The fourth-order valence-corrected chi connectivity index (χ4v) is 4.36. The number of anilines is 1. The number of nitrogens with zero attached hydrogens (tertiary/aromatic N) is 2. The van der Waals surface area contributed by atoms with Gasteiger partial charge in [-0.05, 0) is 17.2 Å². The molecule has 0 aliphatic rings. The molecule has 2 aromatic heterocycles. The highest BCUT2D eigenvalue weighted by atomic mass is 32.1. The third kappa shape index (κ3) is 3.51. The van der Waals surface area contributed by atoms with Crippen LogP contribution in [0.25, 0.3) is 16.2 Å². The Balaban J connectivity index is 1.51. The molecule has 4 nitrogen and oxygen atoms in total. The summed E-state index contributed by atoms with van der Waals surface area (Å²) in [6.45, 7) is 0. The SMILES string of the molecule is O=C(Nc1ccccc1-c1cn2ccsc2n1)C(c1ccccc1)c1ccccc1. The largest absolute Gasteiger partial charge is 0.325 e. The van der Waals surface area contributed by atoms with Crippen molar-refractivity contribution in [3.05, 3.63) is 114 Å². The number of thiazole rings is 1. The molecule has 1 amide bonds. The van der Waals surface area contributed by atoms with Crippen molar-refractivity contribution in [1.82, 2.24) is 9.38 Å². The summed E-state index contributed by atoms with van der Waals surface area (Å²) in [5, 5.41) is 5.16. The highest BCUT2D eigenvalue weighted by Crippen LogP contribution is 2.31. The Labute approximate surface area is 178 Å². The Morgan fingerprint density at radius 2 is 1.50 bits per heavy atom. The van der Waals surface area contributed by atoms with Crippen molar-refractivity contribution < 1.29 is 4.79 Å². The van der Waals surface area contributed by atoms with Crippen LogP contribution in [0.4, 0.5) is 5.69 Å². The number of imidazole rings is 1. The lowest BCUT2D eigenvalue weighted by molar-refractivity contribution is -0.116. The molecule has 0 spiro atoms. The molecule has 0 radical (unpaired) electrons. The van der Waals surface area contributed by atoms with E-state index in [4.69, 9.17) is 4.98 Å². The number of carbonyl (C=O) groups is 1. The molecular weight excluding hydrogens is 390 g/mol. The lowest BCUT2D eigenvalue weighted by atomic mass is 9.90. The van der Waals surface area contributed by atoms with E-state index >= 15 is 0 Å². The van der Waals surface area contributed by atoms with Crippen molar-refractivity contribution in [3.63, 3.8) is 0 Å². The number of fused-ring (bicyclic) bond motifs is 1. The minimum Gasteiger partial charge on any atom is -0.325 e. The summed E-state index contributed by atoms with van der Waals surface area (Å²) < 4.78 is 2.00. The molecule has 5 rings (SSSR count). The summed E-state index contributed by atoms with van der Waals surface area (Å²) in [5.74, 6) is -0.466. The van der Waals surface area contributed by atoms with Crippen molar-refractivity contribution in [2.75, 3.05) is 5.32 Å². The predicted octanol–water partition coefficient (Wildman–Crippen LogP) is 5.83. The number of aromatic nitrogens is 2. The minimum absolute atomic E-state index is 0.0686. The summed E-state index contributed by atoms with van der Waals surface area (Å²) in [4.78, 5) is 19.1. The van der Waals surface area contributed by atoms with E-state index in [1.807, 2.05) is 107 Å². The Bertz CT molecular complexity index is 1220. The maximum Gasteiger partial charge on any atom is 0.236 e. The fourth-order valence-electron chi connectivity index (χ4n) is 3.66. The first-order chi connectivity index (χ1) is 14.8. The molecule has 2 heterocycles. The molecule has 0 bridgehead atoms. The van der Waals surface area contributed by atoms with Gasteiger partial charge in [0.15, 0.2) is 4.96 Å². The number of carbonyl (C=O) groups excluding carboxylic acids is 1. The minimum atomic E-state index is -0.397. The average molecular weight is 410 g/mol. The van der Waals surface area contributed by atoms with Crippen LogP contribution in [0.5, 0.6) is 0 Å². The average Bonchev–Trinajstić information content (AvgIpc) is 3.38. The van der Waals surface area contributed by atoms with Crippen molar-refractivity contribution in [2.24, 2.45) is 0 Å². The molecule has 5 heteroatoms. The quantitative estimate of drug-likeness (QED) is 0.397. The van der Waals surface area contributed by atoms with Crippen LogP contribution in [0.3, 0.4) is 0 Å². The predicted molar refractivity (Wildman–Crippen MR) is 122 cm³/mol. The Kier molecular flexibility index (Phi) is 4.87. The first-order valence-electron chi connectivity index (χ1n) is 9.72. The highest BCUT2D eigenvalue weighted by molar-refractivity contribution is 7.15. The fraction of sp³-hybridized carbons (Fsp3) is 0.0400. The summed E-state index contributed by atoms with van der Waals surface area (Å²) in [7, 11) is 0. The van der Waals surface area contributed by atoms with Crippen LogP contribution in [-0.4, -0.2) is 15.3 Å². The van der Waals surface area contributed by atoms with Gasteiger partial charge in [-0.25, -0.2) is 4.98 Å². The normalized spacial score (nSPS) is 11.1. The molecule has 5 aromatic rings. The second-order valence-corrected chi connectivity index (χ2v) is 7.88. The van der Waals surface area contributed by atoms with Gasteiger partial charge in [0.05, 0.1) is 17.3 Å². The number of para-hydroxylation sites is 1. The van der Waals surface area contributed by atoms with E-state index in [-0.39, 0.29) is 5.91 Å². The number of hydrogen-bond donors (Lipinski definition) is 1. The van der Waals surface area contributed by atoms with Crippen molar-refractivity contribution in [3.8, 4) is 11.3 Å². The molecule has 0 aliphatic carbocycles. The van der Waals surface area contributed by atoms with Crippen LogP contribution in [0, 0.1) is 0 Å². The molecule has 3 aromatic carbocycles. The van der Waals surface area contributed by atoms with Gasteiger partial charge in [0.2, 0.25) is 5.91 Å². The van der Waals surface area contributed by atoms with Gasteiger partial charge in [0, 0.05) is 23.3 Å². The van der Waals surface area contributed by atoms with E-state index in [1.165, 1.54) is 0 Å². The van der Waals surface area contributed by atoms with Gasteiger partial charge in [-0.15, -0.1) is 11.3 Å². The lowest BCUT2D eigenvalue weighted by Gasteiger charge is -2.19. The van der Waals surface area contributed by atoms with E-state index in [2.05, 4.69) is 5.32 Å². The van der Waals surface area contributed by atoms with E-state index in [0.717, 1.165) is 33.0 Å². The molecule has 0 fully saturated rings. The van der Waals surface area contributed by atoms with Crippen LogP contribution < -0.4 is 5.32 Å². The zero-order valence-electron chi connectivity index (χ0n) is 16.1. The summed E-state index contributed by atoms with van der Waals surface area (Å²) in [6, 6.07) is 27.5. The van der Waals surface area contributed by atoms with Crippen molar-refractivity contribution >= 4 is 27.9 Å². The number of benzene rings is 3. The molecule has 0 aliphatic heterocycles. The zero-order chi connectivity index (χ0) is 20.3. The number of hydrogen-bond acceptors (Lipinski definition) is 3. The summed E-state index contributed by atoms with van der Waals surface area (Å²) in [5.41, 5.74) is 4.42. The lowest BCUT2D eigenvalue weighted by Crippen LogP contribution is -2.22. The van der Waals surface area contributed by atoms with Gasteiger partial charge >= 0.3 is 0 Å². The maximum atomic E-state index is 13.5. The highest BCUT2D eigenvalue weighted by Gasteiger charge is 2.23. The van der Waals surface area contributed by atoms with E-state index in [9.17, 15) is 4.79 Å². The summed E-state index contributed by atoms with van der Waals surface area (Å²) in [6.07, 6.45) is 3.97. The van der Waals surface area contributed by atoms with Crippen LogP contribution in [0.1, 0.15) is 17.0 Å². The topological polar surface area (TPSA) is 46.4 Å². The molecule has 0 unspecified atom stereocenters. The maximum absolute atomic E-state index is 13.5. The molecule has 0 saturated carbocycles. The van der Waals surface area contributed by atoms with Crippen LogP contribution in [-0.2, 0) is 4.79 Å². The van der Waals surface area contributed by atoms with Gasteiger partial charge in [0.1, 0.15) is 0 Å². The number of rotatable bonds is 5. The van der Waals surface area contributed by atoms with Gasteiger partial charge in [-0.1, -0.05) is 78.9 Å². The summed E-state index contributed by atoms with van der Waals surface area (Å²) >= 11 is 1.59. The molecule has 146 valence electrons. The zero-order valence-corrected chi connectivity index (χ0v) is 16.9. The van der Waals surface area contributed by atoms with Gasteiger partial charge < -0.3 is 5.32 Å². The molecule has 0 atom stereocenters. The smallest absolute Gasteiger partial charge is 0.236 e. The Morgan fingerprint density at radius 1 is 0.867 bits per heavy atom. The second kappa shape index (κ2) is 7.97. The van der Waals surface area contributed by atoms with E-state index < -0.39 is 5.92 Å². The van der Waals surface area contributed by atoms with Gasteiger partial charge in [-0.2, -0.15) is 0 Å². The Hall–Kier alpha value is -3.70. The Morgan fingerprint density at radius 3 is 2.17 bits per heavy atom. The third-order valence-electron chi connectivity index (χ3n) is 5.08. The standard InChI is InChI=1S/C25H19N3OS/c29-24(23(18-9-3-1-4-10-18)19-11-5-2-6-12-19)26-21-14-8-7-13-20(21)22-17-28-15-16-30-25(28)27-22/h1-17,23H,(H,26,29). The van der Waals surface area contributed by atoms with Gasteiger partial charge in [-0.3, -0.25) is 9.20 Å². The first-order valence-corrected chi connectivity index (χ1v) is 10.6. The molecule has 30 heavy (non-hydrogen) atoms. The monoisotopic (exact) mass is 409 g/mol. The van der Waals surface area contributed by atoms with E-state index in [1.54, 1.807) is 11.3 Å². The molecule has 1 N–H and O–H groups in total. The van der Waals surface area contributed by atoms with Crippen molar-refractivity contribution in [2.45, 2.75) is 5.92 Å². The number of amides is 1. The van der Waals surface area contributed by atoms with Crippen LogP contribution >= 0.6 is 11.3 Å². The molecule has 0 saturated heterocycles. The van der Waals surface area contributed by atoms with Gasteiger partial charge in [0.25, 0.3) is 0 Å². The van der Waals surface area contributed by atoms with Crippen molar-refractivity contribution in [1.29, 1.82) is 0 Å². The van der Waals surface area contributed by atoms with Crippen LogP contribution in [0.15, 0.2) is 103 Å². The second-order valence-electron chi connectivity index (χ2n) is 7.01. The first kappa shape index (κ1) is 18.3. The third-order valence-corrected chi connectivity index (χ3v) is 5.85. The molecular formula is C25H19N3OS. The number of nitrogens with one attached hydrogen (secondary N) is 1.